The van der Waals surface area contributed by atoms with Gasteiger partial charge in [-0.3, -0.25) is 0 Å². The molecule has 1 aliphatic carbocycles. The summed E-state index contributed by atoms with van der Waals surface area (Å²) in [6, 6.07) is 2.66. The highest BCUT2D eigenvalue weighted by Crippen LogP contribution is 2.25. The van der Waals surface area contributed by atoms with Crippen molar-refractivity contribution >= 4 is 17.6 Å². The first-order chi connectivity index (χ1) is 8.35. The molecule has 90 valence electrons. The molecule has 0 unspecified atom stereocenters. The predicted octanol–water partition coefficient (Wildman–Crippen LogP) is 2.81. The van der Waals surface area contributed by atoms with Gasteiger partial charge in [0.05, 0.1) is 0 Å². The van der Waals surface area contributed by atoms with Crippen LogP contribution in [0.15, 0.2) is 11.4 Å². The SMILES string of the molecule is CSc1ncnc(NC2CCCCC2)c1C#N. The number of nitrogens with one attached hydrogen (secondary N) is 1. The molecule has 4 nitrogen and oxygen atoms in total. The summed E-state index contributed by atoms with van der Waals surface area (Å²) in [6.45, 7) is 0. The molecule has 1 aromatic heterocycles. The van der Waals surface area contributed by atoms with Gasteiger partial charge in [-0.15, -0.1) is 11.8 Å². The first-order valence-electron chi connectivity index (χ1n) is 5.90. The van der Waals surface area contributed by atoms with Crippen LogP contribution in [0.25, 0.3) is 0 Å². The third-order valence-corrected chi connectivity index (χ3v) is 3.76. The number of thioether (sulfide) groups is 1. The monoisotopic (exact) mass is 248 g/mol. The minimum absolute atomic E-state index is 0.459. The maximum absolute atomic E-state index is 9.18. The Balaban J connectivity index is 2.17. The number of aromatic nitrogens is 2. The van der Waals surface area contributed by atoms with Crippen LogP contribution < -0.4 is 5.32 Å². The summed E-state index contributed by atoms with van der Waals surface area (Å²) in [5, 5.41) is 13.3. The lowest BCUT2D eigenvalue weighted by Crippen LogP contribution is -2.23. The lowest BCUT2D eigenvalue weighted by molar-refractivity contribution is 0.461. The molecule has 1 aromatic rings. The van der Waals surface area contributed by atoms with Crippen LogP contribution >= 0.6 is 11.8 Å². The number of rotatable bonds is 3. The van der Waals surface area contributed by atoms with Gasteiger partial charge in [0.25, 0.3) is 0 Å². The second-order valence-electron chi connectivity index (χ2n) is 4.20. The van der Waals surface area contributed by atoms with Crippen LogP contribution in [-0.2, 0) is 0 Å². The Hall–Kier alpha value is -1.28. The van der Waals surface area contributed by atoms with E-state index in [1.54, 1.807) is 0 Å². The molecule has 1 saturated carbocycles. The molecule has 0 aliphatic heterocycles. The quantitative estimate of drug-likeness (QED) is 0.658. The molecule has 0 aromatic carbocycles. The lowest BCUT2D eigenvalue weighted by Gasteiger charge is -2.23. The van der Waals surface area contributed by atoms with E-state index in [1.165, 1.54) is 50.2 Å². The number of nitriles is 1. The van der Waals surface area contributed by atoms with E-state index in [4.69, 9.17) is 0 Å². The Bertz CT molecular complexity index is 421. The molecule has 5 heteroatoms. The van der Waals surface area contributed by atoms with Crippen molar-refractivity contribution < 1.29 is 0 Å². The Morgan fingerprint density at radius 3 is 2.76 bits per heavy atom. The molecule has 0 saturated heterocycles. The average molecular weight is 248 g/mol. The molecule has 1 heterocycles. The van der Waals surface area contributed by atoms with Gasteiger partial charge in [0.1, 0.15) is 28.8 Å². The van der Waals surface area contributed by atoms with Crippen molar-refractivity contribution in [3.8, 4) is 6.07 Å². The predicted molar refractivity (Wildman–Crippen MR) is 69.0 cm³/mol. The summed E-state index contributed by atoms with van der Waals surface area (Å²) < 4.78 is 0. The van der Waals surface area contributed by atoms with Gasteiger partial charge < -0.3 is 5.32 Å². The second kappa shape index (κ2) is 5.87. The molecule has 1 aliphatic rings. The molecule has 0 bridgehead atoms. The van der Waals surface area contributed by atoms with Gasteiger partial charge >= 0.3 is 0 Å². The first kappa shape index (κ1) is 12.2. The highest BCUT2D eigenvalue weighted by atomic mass is 32.2. The summed E-state index contributed by atoms with van der Waals surface area (Å²) in [4.78, 5) is 8.31. The summed E-state index contributed by atoms with van der Waals surface area (Å²) in [5.74, 6) is 0.693. The summed E-state index contributed by atoms with van der Waals surface area (Å²) in [5.41, 5.74) is 0.575. The van der Waals surface area contributed by atoms with E-state index >= 15 is 0 Å². The number of nitrogens with zero attached hydrogens (tertiary/aromatic N) is 3. The number of hydrogen-bond donors (Lipinski definition) is 1. The van der Waals surface area contributed by atoms with E-state index in [1.807, 2.05) is 6.26 Å². The van der Waals surface area contributed by atoms with Crippen LogP contribution in [0.5, 0.6) is 0 Å². The van der Waals surface area contributed by atoms with Gasteiger partial charge in [-0.25, -0.2) is 9.97 Å². The van der Waals surface area contributed by atoms with Gasteiger partial charge in [0.2, 0.25) is 0 Å². The Kier molecular flexibility index (Phi) is 4.21. The Morgan fingerprint density at radius 1 is 1.35 bits per heavy atom. The topological polar surface area (TPSA) is 61.6 Å². The van der Waals surface area contributed by atoms with Crippen molar-refractivity contribution in [2.75, 3.05) is 11.6 Å². The first-order valence-corrected chi connectivity index (χ1v) is 7.13. The van der Waals surface area contributed by atoms with E-state index in [-0.39, 0.29) is 0 Å². The zero-order valence-corrected chi connectivity index (χ0v) is 10.8. The fraction of sp³-hybridized carbons (Fsp3) is 0.583. The van der Waals surface area contributed by atoms with Crippen LogP contribution in [0.1, 0.15) is 37.7 Å². The molecule has 1 fully saturated rings. The van der Waals surface area contributed by atoms with Crippen LogP contribution in [0.3, 0.4) is 0 Å². The van der Waals surface area contributed by atoms with E-state index in [0.717, 1.165) is 5.03 Å². The van der Waals surface area contributed by atoms with Crippen molar-refractivity contribution in [3.05, 3.63) is 11.9 Å². The van der Waals surface area contributed by atoms with Gasteiger partial charge in [-0.05, 0) is 19.1 Å². The zero-order chi connectivity index (χ0) is 12.1. The van der Waals surface area contributed by atoms with Crippen LogP contribution in [0.4, 0.5) is 5.82 Å². The summed E-state index contributed by atoms with van der Waals surface area (Å²) >= 11 is 1.48. The van der Waals surface area contributed by atoms with E-state index in [9.17, 15) is 5.26 Å². The molecular formula is C12H16N4S. The Labute approximate surface area is 106 Å². The largest absolute Gasteiger partial charge is 0.366 e. The highest BCUT2D eigenvalue weighted by molar-refractivity contribution is 7.98. The molecule has 0 radical (unpaired) electrons. The van der Waals surface area contributed by atoms with Gasteiger partial charge in [-0.1, -0.05) is 19.3 Å². The fourth-order valence-electron chi connectivity index (χ4n) is 2.17. The number of hydrogen-bond acceptors (Lipinski definition) is 5. The van der Waals surface area contributed by atoms with Crippen molar-refractivity contribution in [2.45, 2.75) is 43.2 Å². The molecule has 0 spiro atoms. The van der Waals surface area contributed by atoms with Crippen molar-refractivity contribution in [1.82, 2.24) is 9.97 Å². The Morgan fingerprint density at radius 2 is 2.12 bits per heavy atom. The second-order valence-corrected chi connectivity index (χ2v) is 4.99. The summed E-state index contributed by atoms with van der Waals surface area (Å²) in [7, 11) is 0. The van der Waals surface area contributed by atoms with Crippen LogP contribution in [0, 0.1) is 11.3 Å². The third kappa shape index (κ3) is 2.89. The van der Waals surface area contributed by atoms with Crippen LogP contribution in [-0.4, -0.2) is 22.3 Å². The van der Waals surface area contributed by atoms with Crippen molar-refractivity contribution in [3.63, 3.8) is 0 Å². The molecular weight excluding hydrogens is 232 g/mol. The van der Waals surface area contributed by atoms with Gasteiger partial charge in [0.15, 0.2) is 0 Å². The highest BCUT2D eigenvalue weighted by Gasteiger charge is 2.17. The number of anilines is 1. The smallest absolute Gasteiger partial charge is 0.148 e. The lowest BCUT2D eigenvalue weighted by atomic mass is 9.95. The normalized spacial score (nSPS) is 16.5. The summed E-state index contributed by atoms with van der Waals surface area (Å²) in [6.07, 6.45) is 9.64. The molecule has 2 rings (SSSR count). The molecule has 0 amide bonds. The van der Waals surface area contributed by atoms with E-state index in [2.05, 4.69) is 21.4 Å². The molecule has 0 atom stereocenters. The van der Waals surface area contributed by atoms with Crippen molar-refractivity contribution in [2.24, 2.45) is 0 Å². The maximum atomic E-state index is 9.18. The minimum Gasteiger partial charge on any atom is -0.366 e. The van der Waals surface area contributed by atoms with E-state index < -0.39 is 0 Å². The van der Waals surface area contributed by atoms with Crippen LogP contribution in [0.2, 0.25) is 0 Å². The molecule has 17 heavy (non-hydrogen) atoms. The van der Waals surface area contributed by atoms with E-state index in [0.29, 0.717) is 17.4 Å². The zero-order valence-electron chi connectivity index (χ0n) is 9.94. The fourth-order valence-corrected chi connectivity index (χ4v) is 2.67. The van der Waals surface area contributed by atoms with Gasteiger partial charge in [0, 0.05) is 6.04 Å². The standard InChI is InChI=1S/C12H16N4S/c1-17-12-10(7-13)11(14-8-15-12)16-9-5-3-2-4-6-9/h8-9H,2-6H2,1H3,(H,14,15,16). The molecule has 1 N–H and O–H groups in total. The average Bonchev–Trinajstić information content (AvgIpc) is 2.39. The van der Waals surface area contributed by atoms with Crippen molar-refractivity contribution in [1.29, 1.82) is 5.26 Å². The third-order valence-electron chi connectivity index (χ3n) is 3.06. The van der Waals surface area contributed by atoms with Gasteiger partial charge in [-0.2, -0.15) is 5.26 Å². The maximum Gasteiger partial charge on any atom is 0.148 e. The minimum atomic E-state index is 0.459.